The van der Waals surface area contributed by atoms with Gasteiger partial charge in [-0.25, -0.2) is 14.4 Å². The van der Waals surface area contributed by atoms with Crippen LogP contribution in [0.15, 0.2) is 24.4 Å². The lowest BCUT2D eigenvalue weighted by atomic mass is 9.76. The summed E-state index contributed by atoms with van der Waals surface area (Å²) < 4.78 is 54.4. The molecular weight excluding hydrogens is 438 g/mol. The maximum atomic E-state index is 13.5. The predicted molar refractivity (Wildman–Crippen MR) is 103 cm³/mol. The van der Waals surface area contributed by atoms with Crippen LogP contribution in [0.3, 0.4) is 0 Å². The van der Waals surface area contributed by atoms with Gasteiger partial charge in [0.15, 0.2) is 11.6 Å². The topological polar surface area (TPSA) is 73.6 Å². The number of hydrogen-bond acceptors (Lipinski definition) is 5. The largest absolute Gasteiger partial charge is 0.417 e. The van der Waals surface area contributed by atoms with E-state index in [2.05, 4.69) is 20.3 Å². The van der Waals surface area contributed by atoms with Crippen LogP contribution >= 0.6 is 11.6 Å². The number of benzene rings is 1. The minimum atomic E-state index is -4.66. The molecule has 0 amide bonds. The molecule has 0 N–H and O–H groups in total. The summed E-state index contributed by atoms with van der Waals surface area (Å²) in [5, 5.41) is 7.60. The number of nitrogens with zero attached hydrogens (tertiary/aromatic N) is 5. The van der Waals surface area contributed by atoms with Crippen LogP contribution in [-0.2, 0) is 12.6 Å². The van der Waals surface area contributed by atoms with Crippen molar-refractivity contribution in [2.75, 3.05) is 0 Å². The number of aromatic nitrogens is 5. The van der Waals surface area contributed by atoms with Crippen LogP contribution in [0.25, 0.3) is 5.95 Å². The summed E-state index contributed by atoms with van der Waals surface area (Å²) in [5.41, 5.74) is 0.155. The third-order valence-corrected chi connectivity index (χ3v) is 5.93. The molecule has 4 rings (SSSR count). The van der Waals surface area contributed by atoms with Gasteiger partial charge in [0.25, 0.3) is 5.95 Å². The zero-order chi connectivity index (χ0) is 22.5. The lowest BCUT2D eigenvalue weighted by Crippen LogP contribution is -2.28. The summed E-state index contributed by atoms with van der Waals surface area (Å²) in [6.45, 7) is 3.26. The van der Waals surface area contributed by atoms with Crippen LogP contribution < -0.4 is 0 Å². The van der Waals surface area contributed by atoms with Crippen molar-refractivity contribution >= 4 is 17.4 Å². The number of halogens is 5. The number of carbonyl (C=O) groups is 1. The summed E-state index contributed by atoms with van der Waals surface area (Å²) >= 11 is 5.95. The van der Waals surface area contributed by atoms with Gasteiger partial charge in [-0.05, 0) is 31.9 Å². The molecule has 11 heteroatoms. The average molecular weight is 454 g/mol. The average Bonchev–Trinajstić information content (AvgIpc) is 3.14. The first-order valence-corrected chi connectivity index (χ1v) is 9.81. The van der Waals surface area contributed by atoms with Gasteiger partial charge >= 0.3 is 6.18 Å². The van der Waals surface area contributed by atoms with Crippen molar-refractivity contribution in [3.05, 3.63) is 63.4 Å². The summed E-state index contributed by atoms with van der Waals surface area (Å²) in [5.74, 6) is -1.90. The van der Waals surface area contributed by atoms with Gasteiger partial charge in [-0.15, -0.1) is 5.10 Å². The standard InChI is InChI=1S/C20H16ClF4N5O/c1-9-11(18(31)12-4-3-5-13(16(12)21)20(23,24)25)6-7-15-17(9)28-29-30(15)19-26-8-14(22)10(2)27-19/h3-5,8-9,11H,6-7H2,1-2H3/t9-,11?/m0/s1. The Labute approximate surface area is 179 Å². The molecule has 3 aromatic rings. The van der Waals surface area contributed by atoms with E-state index in [0.29, 0.717) is 24.2 Å². The fourth-order valence-corrected chi connectivity index (χ4v) is 4.16. The molecule has 0 aliphatic heterocycles. The normalized spacial score (nSPS) is 18.7. The molecule has 1 aliphatic carbocycles. The van der Waals surface area contributed by atoms with E-state index in [1.165, 1.54) is 23.7 Å². The van der Waals surface area contributed by atoms with E-state index in [9.17, 15) is 22.4 Å². The molecule has 1 aliphatic rings. The number of hydrogen-bond donors (Lipinski definition) is 0. The number of carbonyl (C=O) groups excluding carboxylic acids is 1. The van der Waals surface area contributed by atoms with Gasteiger partial charge in [-0.3, -0.25) is 4.79 Å². The summed E-state index contributed by atoms with van der Waals surface area (Å²) in [6.07, 6.45) is -2.89. The van der Waals surface area contributed by atoms with Gasteiger partial charge in [0, 0.05) is 17.4 Å². The minimum Gasteiger partial charge on any atom is -0.294 e. The van der Waals surface area contributed by atoms with Crippen molar-refractivity contribution in [3.8, 4) is 5.95 Å². The Balaban J connectivity index is 1.66. The first kappa shape index (κ1) is 21.4. The van der Waals surface area contributed by atoms with Gasteiger partial charge in [0.1, 0.15) is 0 Å². The number of ketones is 1. The van der Waals surface area contributed by atoms with Crippen molar-refractivity contribution < 1.29 is 22.4 Å². The molecule has 0 fully saturated rings. The molecule has 0 saturated carbocycles. The third-order valence-electron chi connectivity index (χ3n) is 5.52. The summed E-state index contributed by atoms with van der Waals surface area (Å²) in [7, 11) is 0. The Morgan fingerprint density at radius 3 is 2.71 bits per heavy atom. The Morgan fingerprint density at radius 2 is 2.03 bits per heavy atom. The number of alkyl halides is 3. The van der Waals surface area contributed by atoms with E-state index >= 15 is 0 Å². The third kappa shape index (κ3) is 3.69. The zero-order valence-corrected chi connectivity index (χ0v) is 17.2. The second-order valence-corrected chi connectivity index (χ2v) is 7.78. The highest BCUT2D eigenvalue weighted by Gasteiger charge is 2.39. The Bertz CT molecular complexity index is 1180. The fraction of sp³-hybridized carbons (Fsp3) is 0.350. The summed E-state index contributed by atoms with van der Waals surface area (Å²) in [4.78, 5) is 21.1. The molecule has 6 nitrogen and oxygen atoms in total. The van der Waals surface area contributed by atoms with Gasteiger partial charge in [-0.2, -0.15) is 17.9 Å². The number of rotatable bonds is 3. The minimum absolute atomic E-state index is 0.158. The van der Waals surface area contributed by atoms with Crippen molar-refractivity contribution in [2.45, 2.75) is 38.8 Å². The van der Waals surface area contributed by atoms with Crippen molar-refractivity contribution in [2.24, 2.45) is 5.92 Å². The van der Waals surface area contributed by atoms with E-state index in [1.54, 1.807) is 6.92 Å². The number of Topliss-reactive ketones (excluding diaryl/α,β-unsaturated/α-hetero) is 1. The van der Waals surface area contributed by atoms with Crippen LogP contribution in [0.4, 0.5) is 17.6 Å². The Morgan fingerprint density at radius 1 is 1.29 bits per heavy atom. The van der Waals surface area contributed by atoms with Crippen molar-refractivity contribution in [1.82, 2.24) is 25.0 Å². The first-order valence-electron chi connectivity index (χ1n) is 9.43. The molecule has 2 heterocycles. The van der Waals surface area contributed by atoms with Crippen LogP contribution in [-0.4, -0.2) is 30.7 Å². The quantitative estimate of drug-likeness (QED) is 0.423. The molecule has 0 bridgehead atoms. The molecular formula is C20H16ClF4N5O. The van der Waals surface area contributed by atoms with Gasteiger partial charge in [0.05, 0.1) is 33.9 Å². The zero-order valence-electron chi connectivity index (χ0n) is 16.4. The second-order valence-electron chi connectivity index (χ2n) is 7.40. The maximum Gasteiger partial charge on any atom is 0.417 e. The molecule has 0 radical (unpaired) electrons. The molecule has 0 saturated heterocycles. The van der Waals surface area contributed by atoms with Crippen LogP contribution in [0.5, 0.6) is 0 Å². The predicted octanol–water partition coefficient (Wildman–Crippen LogP) is 4.73. The Kier molecular flexibility index (Phi) is 5.28. The smallest absolute Gasteiger partial charge is 0.294 e. The van der Waals surface area contributed by atoms with Gasteiger partial charge < -0.3 is 0 Å². The molecule has 0 spiro atoms. The lowest BCUT2D eigenvalue weighted by Gasteiger charge is -2.27. The second kappa shape index (κ2) is 7.67. The lowest BCUT2D eigenvalue weighted by molar-refractivity contribution is -0.137. The van der Waals surface area contributed by atoms with Crippen molar-refractivity contribution in [3.63, 3.8) is 0 Å². The van der Waals surface area contributed by atoms with Crippen LogP contribution in [0.1, 0.15) is 52.3 Å². The SMILES string of the molecule is Cc1nc(-n2nnc3c2CCC(C(=O)c2cccc(C(F)(F)F)c2Cl)[C@@H]3C)ncc1F. The number of fused-ring (bicyclic) bond motifs is 1. The molecule has 162 valence electrons. The molecule has 31 heavy (non-hydrogen) atoms. The van der Waals surface area contributed by atoms with Crippen LogP contribution in [0, 0.1) is 18.7 Å². The fourth-order valence-electron chi connectivity index (χ4n) is 3.84. The molecule has 2 aromatic heterocycles. The van der Waals surface area contributed by atoms with Gasteiger partial charge in [0.2, 0.25) is 0 Å². The van der Waals surface area contributed by atoms with E-state index in [4.69, 9.17) is 11.6 Å². The highest BCUT2D eigenvalue weighted by Crippen LogP contribution is 2.41. The highest BCUT2D eigenvalue weighted by atomic mass is 35.5. The van der Waals surface area contributed by atoms with Crippen LogP contribution in [0.2, 0.25) is 5.02 Å². The molecule has 2 atom stereocenters. The number of aryl methyl sites for hydroxylation is 1. The Hall–Kier alpha value is -2.88. The highest BCUT2D eigenvalue weighted by molar-refractivity contribution is 6.35. The molecule has 1 aromatic carbocycles. The molecule has 1 unspecified atom stereocenters. The van der Waals surface area contributed by atoms with E-state index in [1.807, 2.05) is 0 Å². The first-order chi connectivity index (χ1) is 14.6. The maximum absolute atomic E-state index is 13.5. The van der Waals surface area contributed by atoms with E-state index in [0.717, 1.165) is 12.3 Å². The van der Waals surface area contributed by atoms with E-state index in [-0.39, 0.29) is 17.2 Å². The summed E-state index contributed by atoms with van der Waals surface area (Å²) in [6, 6.07) is 3.32. The van der Waals surface area contributed by atoms with E-state index < -0.39 is 40.2 Å². The monoisotopic (exact) mass is 453 g/mol. The van der Waals surface area contributed by atoms with Crippen molar-refractivity contribution in [1.29, 1.82) is 0 Å². The van der Waals surface area contributed by atoms with Gasteiger partial charge in [-0.1, -0.05) is 29.8 Å².